The fraction of sp³-hybridized carbons (Fsp3) is 0.524. The zero-order chi connectivity index (χ0) is 64.8. The SMILES string of the molecule is CC(C)[C@H](NC(=O)[C@H](CC(=O)O)NC(=O)[C@@H](NC(=O)[C@@H]1CCCN1C(=O)[C@@H](NC(=O)[C@@H](N)Cc1ccccc1)C(C)C)[C@@H](C)O)C(=O)NCC(=O)N1CCC[C@H]1C(=O)N[C@@H](Cc1ccccc1)C(=O)N[C@H]1C[C@H]2C[C@@H](c3ccccc3)C[C@@H](C(N)=O)N2C1=O. The van der Waals surface area contributed by atoms with Crippen molar-refractivity contribution in [2.24, 2.45) is 23.3 Å². The zero-order valence-corrected chi connectivity index (χ0v) is 50.8. The number of amides is 11. The second-order valence-electron chi connectivity index (χ2n) is 24.2. The summed E-state index contributed by atoms with van der Waals surface area (Å²) in [4.78, 5) is 168. The molecule has 4 fully saturated rings. The monoisotopic (exact) mass is 1230 g/mol. The molecule has 26 heteroatoms. The molecule has 26 nitrogen and oxygen atoms in total. The first-order valence-corrected chi connectivity index (χ1v) is 30.4. The summed E-state index contributed by atoms with van der Waals surface area (Å²) in [6.07, 6.45) is -0.222. The minimum Gasteiger partial charge on any atom is -0.481 e. The summed E-state index contributed by atoms with van der Waals surface area (Å²) in [6, 6.07) is 14.6. The molecule has 0 aromatic heterocycles. The largest absolute Gasteiger partial charge is 0.481 e. The minimum absolute atomic E-state index is 0.0131. The van der Waals surface area contributed by atoms with Gasteiger partial charge in [-0.25, -0.2) is 0 Å². The van der Waals surface area contributed by atoms with E-state index in [4.69, 9.17) is 11.5 Å². The van der Waals surface area contributed by atoms with E-state index in [9.17, 15) is 67.7 Å². The first-order chi connectivity index (χ1) is 42.3. The van der Waals surface area contributed by atoms with Gasteiger partial charge in [-0.3, -0.25) is 57.5 Å². The van der Waals surface area contributed by atoms with E-state index >= 15 is 0 Å². The van der Waals surface area contributed by atoms with E-state index in [0.29, 0.717) is 31.2 Å². The molecule has 11 amide bonds. The van der Waals surface area contributed by atoms with Gasteiger partial charge < -0.3 is 73.6 Å². The van der Waals surface area contributed by atoms with Gasteiger partial charge in [-0.15, -0.1) is 0 Å². The number of carboxylic acid groups (broad SMARTS) is 1. The number of carbonyl (C=O) groups is 12. The Kier molecular flexibility index (Phi) is 23.5. The lowest BCUT2D eigenvalue weighted by Crippen LogP contribution is -2.62. The van der Waals surface area contributed by atoms with Crippen LogP contribution in [0, 0.1) is 11.8 Å². The number of aliphatic carboxylic acids is 1. The molecule has 7 rings (SSSR count). The molecule has 89 heavy (non-hydrogen) atoms. The molecule has 0 bridgehead atoms. The number of likely N-dealkylation sites (tertiary alicyclic amines) is 2. The number of carboxylic acids is 1. The maximum Gasteiger partial charge on any atom is 0.305 e. The molecule has 0 saturated carbocycles. The zero-order valence-electron chi connectivity index (χ0n) is 50.8. The normalized spacial score (nSPS) is 22.1. The van der Waals surface area contributed by atoms with E-state index in [0.717, 1.165) is 11.1 Å². The van der Waals surface area contributed by atoms with Gasteiger partial charge in [0.15, 0.2) is 0 Å². The summed E-state index contributed by atoms with van der Waals surface area (Å²) in [7, 11) is 0. The Hall–Kier alpha value is -8.78. The van der Waals surface area contributed by atoms with Crippen molar-refractivity contribution in [1.29, 1.82) is 0 Å². The standard InChI is InChI=1S/C63H84N12O14/c1-34(2)51(70-57(83)44(32-50(78)79)68-61(87)53(36(5)76)72-59(85)47-24-16-26-74(47)63(89)52(35(3)4)71-55(81)42(64)27-37-17-9-6-10-18-37)60(86)66-33-49(77)73-25-15-23-46(73)58(84)67-43(28-38-19-11-7-12-20-38)56(82)69-45-31-41-29-40(39-21-13-8-14-22-39)30-48(54(65)80)75(41)62(45)88/h6-14,17-22,34-36,40-48,51-53,76H,15-16,23-33,64H2,1-5H3,(H2,65,80)(H,66,86)(H,67,84)(H,68,87)(H,69,82)(H,70,83)(H,71,81)(H,72,85)(H,78,79)/t36-,40-,41-,42+,43+,44+,45+,46+,47+,48+,51+,52+,53+/m1/s1. The average Bonchev–Trinajstić information content (AvgIpc) is 1.79. The number of aliphatic hydroxyl groups is 1. The number of hydrogen-bond donors (Lipinski definition) is 11. The minimum atomic E-state index is -1.87. The summed E-state index contributed by atoms with van der Waals surface area (Å²) in [6.45, 7) is 7.29. The highest BCUT2D eigenvalue weighted by Crippen LogP contribution is 2.40. The van der Waals surface area contributed by atoms with Gasteiger partial charge in [0.2, 0.25) is 65.0 Å². The third-order valence-corrected chi connectivity index (χ3v) is 17.0. The summed E-state index contributed by atoms with van der Waals surface area (Å²) in [5.74, 6) is -11.0. The Labute approximate surface area is 516 Å². The van der Waals surface area contributed by atoms with E-state index in [1.807, 2.05) is 60.7 Å². The third-order valence-electron chi connectivity index (χ3n) is 17.0. The van der Waals surface area contributed by atoms with Crippen LogP contribution in [0.1, 0.15) is 109 Å². The van der Waals surface area contributed by atoms with E-state index < -0.39 is 168 Å². The van der Waals surface area contributed by atoms with Crippen molar-refractivity contribution in [3.63, 3.8) is 0 Å². The number of hydrogen-bond acceptors (Lipinski definition) is 14. The molecule has 0 radical (unpaired) electrons. The quantitative estimate of drug-likeness (QED) is 0.0437. The maximum atomic E-state index is 14.3. The molecular formula is C63H84N12O14. The summed E-state index contributed by atoms with van der Waals surface area (Å²) >= 11 is 0. The van der Waals surface area contributed by atoms with Gasteiger partial charge in [-0.2, -0.15) is 0 Å². The van der Waals surface area contributed by atoms with Gasteiger partial charge in [-0.1, -0.05) is 119 Å². The number of rotatable bonds is 27. The molecule has 13 atom stereocenters. The highest BCUT2D eigenvalue weighted by molar-refractivity contribution is 6.00. The second-order valence-corrected chi connectivity index (χ2v) is 24.2. The lowest BCUT2D eigenvalue weighted by Gasteiger charge is -2.40. The highest BCUT2D eigenvalue weighted by Gasteiger charge is 2.50. The van der Waals surface area contributed by atoms with Crippen molar-refractivity contribution in [2.75, 3.05) is 19.6 Å². The predicted octanol–water partition coefficient (Wildman–Crippen LogP) is -0.994. The van der Waals surface area contributed by atoms with Gasteiger partial charge in [0, 0.05) is 25.6 Å². The molecular weight excluding hydrogens is 1150 g/mol. The highest BCUT2D eigenvalue weighted by atomic mass is 16.4. The van der Waals surface area contributed by atoms with E-state index in [1.165, 1.54) is 21.6 Å². The Morgan fingerprint density at radius 2 is 1.13 bits per heavy atom. The number of nitrogens with one attached hydrogen (secondary N) is 7. The molecule has 4 heterocycles. The molecule has 4 saturated heterocycles. The van der Waals surface area contributed by atoms with E-state index in [2.05, 4.69) is 37.2 Å². The van der Waals surface area contributed by atoms with Crippen molar-refractivity contribution in [3.05, 3.63) is 108 Å². The number of nitrogens with zero attached hydrogens (tertiary/aromatic N) is 3. The van der Waals surface area contributed by atoms with Crippen LogP contribution in [0.15, 0.2) is 91.0 Å². The van der Waals surface area contributed by atoms with Crippen molar-refractivity contribution >= 4 is 70.9 Å². The summed E-state index contributed by atoms with van der Waals surface area (Å²) in [5.41, 5.74) is 14.6. The van der Waals surface area contributed by atoms with Crippen LogP contribution in [0.4, 0.5) is 0 Å². The van der Waals surface area contributed by atoms with Crippen LogP contribution in [-0.2, 0) is 70.4 Å². The Morgan fingerprint density at radius 3 is 1.71 bits per heavy atom. The Balaban J connectivity index is 0.944. The first kappa shape index (κ1) is 67.7. The molecule has 4 aliphatic heterocycles. The number of fused-ring (bicyclic) bond motifs is 1. The topological polar surface area (TPSA) is 391 Å². The van der Waals surface area contributed by atoms with Gasteiger partial charge in [-0.05, 0) is 92.7 Å². The Morgan fingerprint density at radius 1 is 0.584 bits per heavy atom. The summed E-state index contributed by atoms with van der Waals surface area (Å²) < 4.78 is 0. The maximum absolute atomic E-state index is 14.3. The first-order valence-electron chi connectivity index (χ1n) is 30.4. The number of carbonyl (C=O) groups excluding carboxylic acids is 11. The number of benzene rings is 3. The number of nitrogens with two attached hydrogens (primary N) is 2. The fourth-order valence-electron chi connectivity index (χ4n) is 12.3. The van der Waals surface area contributed by atoms with Crippen molar-refractivity contribution in [1.82, 2.24) is 51.9 Å². The lowest BCUT2D eigenvalue weighted by molar-refractivity contribution is -0.144. The molecule has 4 aliphatic rings. The van der Waals surface area contributed by atoms with Crippen molar-refractivity contribution < 1.29 is 67.7 Å². The van der Waals surface area contributed by atoms with E-state index in [-0.39, 0.29) is 51.1 Å². The molecule has 0 unspecified atom stereocenters. The Bertz CT molecular complexity index is 3060. The molecule has 3 aromatic carbocycles. The van der Waals surface area contributed by atoms with Crippen LogP contribution in [0.5, 0.6) is 0 Å². The third kappa shape index (κ3) is 17.5. The van der Waals surface area contributed by atoms with Crippen LogP contribution in [0.2, 0.25) is 0 Å². The van der Waals surface area contributed by atoms with Crippen molar-refractivity contribution in [2.45, 2.75) is 177 Å². The molecule has 0 spiro atoms. The molecule has 0 aliphatic carbocycles. The van der Waals surface area contributed by atoms with Gasteiger partial charge in [0.1, 0.15) is 54.4 Å². The summed E-state index contributed by atoms with van der Waals surface area (Å²) in [5, 5.41) is 38.7. The van der Waals surface area contributed by atoms with Gasteiger partial charge in [0.05, 0.1) is 25.1 Å². The van der Waals surface area contributed by atoms with Crippen LogP contribution >= 0.6 is 0 Å². The number of aliphatic hydroxyl groups excluding tert-OH is 1. The average molecular weight is 1230 g/mol. The molecule has 13 N–H and O–H groups in total. The van der Waals surface area contributed by atoms with Crippen LogP contribution in [0.3, 0.4) is 0 Å². The number of piperidine rings is 1. The van der Waals surface area contributed by atoms with Gasteiger partial charge in [0.25, 0.3) is 0 Å². The predicted molar refractivity (Wildman–Crippen MR) is 323 cm³/mol. The smallest absolute Gasteiger partial charge is 0.305 e. The lowest BCUT2D eigenvalue weighted by atomic mass is 9.81. The second kappa shape index (κ2) is 30.9. The van der Waals surface area contributed by atoms with Crippen molar-refractivity contribution in [3.8, 4) is 0 Å². The van der Waals surface area contributed by atoms with Gasteiger partial charge >= 0.3 is 5.97 Å². The van der Waals surface area contributed by atoms with Crippen LogP contribution < -0.4 is 48.7 Å². The molecule has 480 valence electrons. The van der Waals surface area contributed by atoms with Crippen LogP contribution in [0.25, 0.3) is 0 Å². The number of primary amides is 1. The molecule has 3 aromatic rings. The fourth-order valence-corrected chi connectivity index (χ4v) is 12.3. The van der Waals surface area contributed by atoms with Crippen LogP contribution in [-0.4, -0.2) is 188 Å². The van der Waals surface area contributed by atoms with E-state index in [1.54, 1.807) is 58.0 Å².